The third kappa shape index (κ3) is 3.22. The van der Waals surface area contributed by atoms with E-state index in [0.717, 1.165) is 19.3 Å². The van der Waals surface area contributed by atoms with Crippen LogP contribution in [0.15, 0.2) is 0 Å². The van der Waals surface area contributed by atoms with E-state index in [2.05, 4.69) is 5.32 Å². The van der Waals surface area contributed by atoms with E-state index in [-0.39, 0.29) is 17.7 Å². The molecule has 0 saturated heterocycles. The summed E-state index contributed by atoms with van der Waals surface area (Å²) in [5.41, 5.74) is 0. The minimum Gasteiger partial charge on any atom is -0.480 e. The van der Waals surface area contributed by atoms with Crippen molar-refractivity contribution < 1.29 is 14.7 Å². The predicted octanol–water partition coefficient (Wildman–Crippen LogP) is 1.65. The standard InChI is InChI=1S/C12H21NO3/c1-4-7(2)10(12(15)16)13-11(14)8(3)9-5-6-9/h7-10H,4-6H2,1-3H3,(H,13,14)(H,15,16)/t7?,8?,10-/m0/s1. The van der Waals surface area contributed by atoms with Crippen molar-refractivity contribution in [1.29, 1.82) is 0 Å². The summed E-state index contributed by atoms with van der Waals surface area (Å²) in [7, 11) is 0. The van der Waals surface area contributed by atoms with Gasteiger partial charge in [0, 0.05) is 5.92 Å². The summed E-state index contributed by atoms with van der Waals surface area (Å²) in [6, 6.07) is -0.751. The second-order valence-electron chi connectivity index (χ2n) is 4.84. The molecule has 1 saturated carbocycles. The monoisotopic (exact) mass is 227 g/mol. The molecule has 1 amide bonds. The molecule has 1 rings (SSSR count). The molecule has 0 spiro atoms. The SMILES string of the molecule is CCC(C)[C@H](NC(=O)C(C)C1CC1)C(=O)O. The summed E-state index contributed by atoms with van der Waals surface area (Å²) in [5, 5.41) is 11.7. The normalized spacial score (nSPS) is 20.9. The average molecular weight is 227 g/mol. The number of carboxylic acid groups (broad SMARTS) is 1. The maximum atomic E-state index is 11.8. The van der Waals surface area contributed by atoms with Gasteiger partial charge in [-0.05, 0) is 24.7 Å². The van der Waals surface area contributed by atoms with E-state index >= 15 is 0 Å². The predicted molar refractivity (Wildman–Crippen MR) is 60.9 cm³/mol. The highest BCUT2D eigenvalue weighted by atomic mass is 16.4. The molecule has 92 valence electrons. The number of rotatable bonds is 6. The van der Waals surface area contributed by atoms with Crippen molar-refractivity contribution >= 4 is 11.9 Å². The number of hydrogen-bond donors (Lipinski definition) is 2. The first-order valence-electron chi connectivity index (χ1n) is 6.00. The smallest absolute Gasteiger partial charge is 0.326 e. The van der Waals surface area contributed by atoms with E-state index in [1.165, 1.54) is 0 Å². The van der Waals surface area contributed by atoms with Gasteiger partial charge in [-0.2, -0.15) is 0 Å². The Bertz CT molecular complexity index is 273. The van der Waals surface area contributed by atoms with Gasteiger partial charge < -0.3 is 10.4 Å². The number of amides is 1. The van der Waals surface area contributed by atoms with Crippen LogP contribution in [-0.4, -0.2) is 23.0 Å². The highest BCUT2D eigenvalue weighted by Crippen LogP contribution is 2.36. The molecule has 2 unspecified atom stereocenters. The van der Waals surface area contributed by atoms with E-state index < -0.39 is 12.0 Å². The molecular formula is C12H21NO3. The van der Waals surface area contributed by atoms with Crippen LogP contribution in [0.3, 0.4) is 0 Å². The van der Waals surface area contributed by atoms with Gasteiger partial charge in [0.15, 0.2) is 0 Å². The number of carbonyl (C=O) groups is 2. The second kappa shape index (κ2) is 5.32. The Hall–Kier alpha value is -1.06. The van der Waals surface area contributed by atoms with Crippen molar-refractivity contribution in [3.8, 4) is 0 Å². The Morgan fingerprint density at radius 3 is 2.31 bits per heavy atom. The van der Waals surface area contributed by atoms with Crippen molar-refractivity contribution in [2.75, 3.05) is 0 Å². The van der Waals surface area contributed by atoms with E-state index in [1.54, 1.807) is 0 Å². The Morgan fingerprint density at radius 1 is 1.38 bits per heavy atom. The van der Waals surface area contributed by atoms with Crippen LogP contribution in [0.1, 0.15) is 40.0 Å². The van der Waals surface area contributed by atoms with Crippen LogP contribution in [0.4, 0.5) is 0 Å². The van der Waals surface area contributed by atoms with E-state index in [0.29, 0.717) is 5.92 Å². The molecule has 3 atom stereocenters. The van der Waals surface area contributed by atoms with Gasteiger partial charge in [-0.3, -0.25) is 4.79 Å². The Kier molecular flexibility index (Phi) is 4.33. The maximum Gasteiger partial charge on any atom is 0.326 e. The van der Waals surface area contributed by atoms with Crippen LogP contribution in [0.25, 0.3) is 0 Å². The quantitative estimate of drug-likeness (QED) is 0.725. The van der Waals surface area contributed by atoms with Crippen molar-refractivity contribution in [1.82, 2.24) is 5.32 Å². The summed E-state index contributed by atoms with van der Waals surface area (Å²) in [4.78, 5) is 22.8. The zero-order valence-corrected chi connectivity index (χ0v) is 10.2. The summed E-state index contributed by atoms with van der Waals surface area (Å²) in [6.07, 6.45) is 2.93. The van der Waals surface area contributed by atoms with Gasteiger partial charge in [0.1, 0.15) is 6.04 Å². The van der Waals surface area contributed by atoms with Gasteiger partial charge in [0.05, 0.1) is 0 Å². The third-order valence-corrected chi connectivity index (χ3v) is 3.52. The molecule has 0 radical (unpaired) electrons. The number of carbonyl (C=O) groups excluding carboxylic acids is 1. The fourth-order valence-electron chi connectivity index (χ4n) is 1.78. The lowest BCUT2D eigenvalue weighted by molar-refractivity contribution is -0.144. The van der Waals surface area contributed by atoms with Crippen LogP contribution in [0.2, 0.25) is 0 Å². The number of aliphatic carboxylic acids is 1. The van der Waals surface area contributed by atoms with Gasteiger partial charge >= 0.3 is 5.97 Å². The lowest BCUT2D eigenvalue weighted by atomic mass is 9.97. The van der Waals surface area contributed by atoms with Crippen LogP contribution >= 0.6 is 0 Å². The summed E-state index contributed by atoms with van der Waals surface area (Å²) < 4.78 is 0. The first kappa shape index (κ1) is 13.0. The van der Waals surface area contributed by atoms with Crippen LogP contribution < -0.4 is 5.32 Å². The molecule has 2 N–H and O–H groups in total. The highest BCUT2D eigenvalue weighted by Gasteiger charge is 2.35. The van der Waals surface area contributed by atoms with E-state index in [1.807, 2.05) is 20.8 Å². The van der Waals surface area contributed by atoms with Gasteiger partial charge in [-0.1, -0.05) is 27.2 Å². The zero-order valence-electron chi connectivity index (χ0n) is 10.2. The maximum absolute atomic E-state index is 11.8. The van der Waals surface area contributed by atoms with Crippen molar-refractivity contribution in [2.45, 2.75) is 46.1 Å². The average Bonchev–Trinajstić information content (AvgIpc) is 3.06. The summed E-state index contributed by atoms with van der Waals surface area (Å²) in [6.45, 7) is 5.65. The number of nitrogens with one attached hydrogen (secondary N) is 1. The number of carboxylic acids is 1. The molecule has 1 aliphatic carbocycles. The molecule has 1 aliphatic rings. The zero-order chi connectivity index (χ0) is 12.3. The number of hydrogen-bond acceptors (Lipinski definition) is 2. The topological polar surface area (TPSA) is 66.4 Å². The van der Waals surface area contributed by atoms with Gasteiger partial charge in [0.2, 0.25) is 5.91 Å². The first-order valence-corrected chi connectivity index (χ1v) is 6.00. The summed E-state index contributed by atoms with van der Waals surface area (Å²) >= 11 is 0. The molecule has 0 heterocycles. The Morgan fingerprint density at radius 2 is 1.94 bits per heavy atom. The molecule has 0 bridgehead atoms. The third-order valence-electron chi connectivity index (χ3n) is 3.52. The fraction of sp³-hybridized carbons (Fsp3) is 0.833. The van der Waals surface area contributed by atoms with Gasteiger partial charge in [-0.25, -0.2) is 4.79 Å². The Labute approximate surface area is 96.4 Å². The van der Waals surface area contributed by atoms with Gasteiger partial charge in [0.25, 0.3) is 0 Å². The van der Waals surface area contributed by atoms with Crippen LogP contribution in [0.5, 0.6) is 0 Å². The molecule has 0 aromatic carbocycles. The Balaban J connectivity index is 2.53. The van der Waals surface area contributed by atoms with Gasteiger partial charge in [-0.15, -0.1) is 0 Å². The second-order valence-corrected chi connectivity index (χ2v) is 4.84. The highest BCUT2D eigenvalue weighted by molar-refractivity contribution is 5.85. The summed E-state index contributed by atoms with van der Waals surface area (Å²) in [5.74, 6) is -0.675. The van der Waals surface area contributed by atoms with E-state index in [9.17, 15) is 9.59 Å². The van der Waals surface area contributed by atoms with Crippen molar-refractivity contribution in [2.24, 2.45) is 17.8 Å². The van der Waals surface area contributed by atoms with Crippen LogP contribution in [0, 0.1) is 17.8 Å². The lowest BCUT2D eigenvalue weighted by Crippen LogP contribution is -2.47. The minimum absolute atomic E-state index is 0.0344. The van der Waals surface area contributed by atoms with E-state index in [4.69, 9.17) is 5.11 Å². The van der Waals surface area contributed by atoms with Crippen LogP contribution in [-0.2, 0) is 9.59 Å². The lowest BCUT2D eigenvalue weighted by Gasteiger charge is -2.22. The largest absolute Gasteiger partial charge is 0.480 e. The fourth-order valence-corrected chi connectivity index (χ4v) is 1.78. The molecule has 4 heteroatoms. The molecule has 0 aliphatic heterocycles. The molecular weight excluding hydrogens is 206 g/mol. The molecule has 4 nitrogen and oxygen atoms in total. The first-order chi connectivity index (χ1) is 7.47. The van der Waals surface area contributed by atoms with Crippen molar-refractivity contribution in [3.63, 3.8) is 0 Å². The molecule has 1 fully saturated rings. The molecule has 0 aromatic heterocycles. The minimum atomic E-state index is -0.939. The molecule has 16 heavy (non-hydrogen) atoms. The molecule has 0 aromatic rings. The van der Waals surface area contributed by atoms with Crippen molar-refractivity contribution in [3.05, 3.63) is 0 Å².